The summed E-state index contributed by atoms with van der Waals surface area (Å²) < 4.78 is 50.6. The topological polar surface area (TPSA) is 106 Å². The summed E-state index contributed by atoms with van der Waals surface area (Å²) in [7, 11) is -3.67. The van der Waals surface area contributed by atoms with Crippen molar-refractivity contribution in [3.8, 4) is 0 Å². The van der Waals surface area contributed by atoms with E-state index in [1.54, 1.807) is 18.2 Å². The number of primary amides is 1. The zero-order chi connectivity index (χ0) is 19.3. The van der Waals surface area contributed by atoms with Gasteiger partial charge in [0.1, 0.15) is 6.04 Å². The summed E-state index contributed by atoms with van der Waals surface area (Å²) in [5.41, 5.74) is 4.98. The molecule has 0 aromatic heterocycles. The molecule has 6 nitrogen and oxygen atoms in total. The van der Waals surface area contributed by atoms with Crippen LogP contribution >= 0.6 is 0 Å². The smallest absolute Gasteiger partial charge is 0.252 e. The fourth-order valence-corrected chi connectivity index (χ4v) is 3.54. The second kappa shape index (κ2) is 8.05. The number of carbonyl (C=O) groups excluding carboxylic acids is 2. The van der Waals surface area contributed by atoms with Crippen molar-refractivity contribution in [3.63, 3.8) is 0 Å². The van der Waals surface area contributed by atoms with Gasteiger partial charge in [-0.3, -0.25) is 9.59 Å². The van der Waals surface area contributed by atoms with E-state index in [1.807, 2.05) is 0 Å². The summed E-state index contributed by atoms with van der Waals surface area (Å²) in [4.78, 5) is 23.7. The molecule has 26 heavy (non-hydrogen) atoms. The van der Waals surface area contributed by atoms with Crippen LogP contribution in [0.5, 0.6) is 0 Å². The summed E-state index contributed by atoms with van der Waals surface area (Å²) in [6, 6.07) is 8.79. The summed E-state index contributed by atoms with van der Waals surface area (Å²) in [6.45, 7) is 0. The summed E-state index contributed by atoms with van der Waals surface area (Å²) >= 11 is 0. The highest BCUT2D eigenvalue weighted by Crippen LogP contribution is 2.13. The van der Waals surface area contributed by atoms with Gasteiger partial charge in [0.25, 0.3) is 5.91 Å². The molecule has 0 bridgehead atoms. The van der Waals surface area contributed by atoms with Crippen LogP contribution in [-0.2, 0) is 14.6 Å². The second-order valence-electron chi connectivity index (χ2n) is 5.48. The van der Waals surface area contributed by atoms with E-state index in [4.69, 9.17) is 5.73 Å². The van der Waals surface area contributed by atoms with Gasteiger partial charge in [-0.25, -0.2) is 17.2 Å². The lowest BCUT2D eigenvalue weighted by Crippen LogP contribution is -2.45. The zero-order valence-corrected chi connectivity index (χ0v) is 14.3. The number of nitrogens with one attached hydrogen (secondary N) is 1. The largest absolute Gasteiger partial charge is 0.368 e. The van der Waals surface area contributed by atoms with E-state index in [0.717, 1.165) is 12.1 Å². The van der Waals surface area contributed by atoms with Crippen LogP contribution in [0, 0.1) is 11.6 Å². The lowest BCUT2D eigenvalue weighted by Gasteiger charge is -2.15. The average Bonchev–Trinajstić information content (AvgIpc) is 2.61. The fourth-order valence-electron chi connectivity index (χ4n) is 2.18. The molecule has 0 spiro atoms. The van der Waals surface area contributed by atoms with Crippen molar-refractivity contribution in [3.05, 3.63) is 65.7 Å². The SMILES string of the molecule is NC(=O)[C@@H](CCS(=O)(=O)c1ccccc1)NC(=O)c1ccc(F)c(F)c1. The van der Waals surface area contributed by atoms with Crippen molar-refractivity contribution in [1.29, 1.82) is 0 Å². The van der Waals surface area contributed by atoms with Crippen LogP contribution in [0.1, 0.15) is 16.8 Å². The molecule has 0 saturated heterocycles. The van der Waals surface area contributed by atoms with Gasteiger partial charge in [0.2, 0.25) is 5.91 Å². The molecule has 9 heteroatoms. The predicted octanol–water partition coefficient (Wildman–Crippen LogP) is 1.41. The highest BCUT2D eigenvalue weighted by molar-refractivity contribution is 7.91. The number of amides is 2. The van der Waals surface area contributed by atoms with Crippen molar-refractivity contribution in [1.82, 2.24) is 5.32 Å². The van der Waals surface area contributed by atoms with Gasteiger partial charge >= 0.3 is 0 Å². The third kappa shape index (κ3) is 4.85. The minimum Gasteiger partial charge on any atom is -0.368 e. The molecule has 1 atom stereocenters. The molecule has 2 aromatic carbocycles. The van der Waals surface area contributed by atoms with Crippen molar-refractivity contribution in [2.75, 3.05) is 5.75 Å². The first-order valence-electron chi connectivity index (χ1n) is 7.54. The van der Waals surface area contributed by atoms with E-state index < -0.39 is 45.1 Å². The first-order valence-corrected chi connectivity index (χ1v) is 9.19. The van der Waals surface area contributed by atoms with Crippen LogP contribution in [0.3, 0.4) is 0 Å². The Kier molecular flexibility index (Phi) is 6.04. The molecule has 0 saturated carbocycles. The monoisotopic (exact) mass is 382 g/mol. The van der Waals surface area contributed by atoms with Gasteiger partial charge in [0, 0.05) is 5.56 Å². The highest BCUT2D eigenvalue weighted by atomic mass is 32.2. The van der Waals surface area contributed by atoms with Gasteiger partial charge in [0.15, 0.2) is 21.5 Å². The third-order valence-corrected chi connectivity index (χ3v) is 5.37. The number of nitrogens with two attached hydrogens (primary N) is 1. The van der Waals surface area contributed by atoms with Crippen LogP contribution in [-0.4, -0.2) is 32.0 Å². The normalized spacial score (nSPS) is 12.4. The first-order chi connectivity index (χ1) is 12.2. The zero-order valence-electron chi connectivity index (χ0n) is 13.5. The lowest BCUT2D eigenvalue weighted by molar-refractivity contribution is -0.119. The molecular weight excluding hydrogens is 366 g/mol. The lowest BCUT2D eigenvalue weighted by atomic mass is 10.1. The van der Waals surface area contributed by atoms with Crippen LogP contribution in [0.15, 0.2) is 53.4 Å². The van der Waals surface area contributed by atoms with Crippen molar-refractivity contribution >= 4 is 21.7 Å². The Hall–Kier alpha value is -2.81. The van der Waals surface area contributed by atoms with Crippen molar-refractivity contribution < 1.29 is 26.8 Å². The maximum absolute atomic E-state index is 13.2. The van der Waals surface area contributed by atoms with Gasteiger partial charge in [-0.1, -0.05) is 18.2 Å². The number of benzene rings is 2. The van der Waals surface area contributed by atoms with E-state index >= 15 is 0 Å². The van der Waals surface area contributed by atoms with Crippen molar-refractivity contribution in [2.24, 2.45) is 5.73 Å². The maximum Gasteiger partial charge on any atom is 0.252 e. The van der Waals surface area contributed by atoms with Gasteiger partial charge in [0.05, 0.1) is 10.6 Å². The molecule has 0 aliphatic rings. The van der Waals surface area contributed by atoms with Gasteiger partial charge in [-0.2, -0.15) is 0 Å². The molecule has 2 aromatic rings. The molecule has 0 unspecified atom stereocenters. The number of hydrogen-bond donors (Lipinski definition) is 2. The van der Waals surface area contributed by atoms with Crippen LogP contribution in [0.4, 0.5) is 8.78 Å². The Morgan fingerprint density at radius 1 is 1.04 bits per heavy atom. The second-order valence-corrected chi connectivity index (χ2v) is 7.59. The average molecular weight is 382 g/mol. The summed E-state index contributed by atoms with van der Waals surface area (Å²) in [5.74, 6) is -4.58. The minimum atomic E-state index is -3.67. The molecule has 0 heterocycles. The number of hydrogen-bond acceptors (Lipinski definition) is 4. The predicted molar refractivity (Wildman–Crippen MR) is 89.9 cm³/mol. The third-order valence-electron chi connectivity index (χ3n) is 3.61. The van der Waals surface area contributed by atoms with Crippen molar-refractivity contribution in [2.45, 2.75) is 17.4 Å². The summed E-state index contributed by atoms with van der Waals surface area (Å²) in [6.07, 6.45) is -0.262. The number of sulfone groups is 1. The van der Waals surface area contributed by atoms with Crippen LogP contribution in [0.2, 0.25) is 0 Å². The Morgan fingerprint density at radius 3 is 2.27 bits per heavy atom. The van der Waals surface area contributed by atoms with E-state index in [2.05, 4.69) is 5.32 Å². The van der Waals surface area contributed by atoms with Gasteiger partial charge < -0.3 is 11.1 Å². The summed E-state index contributed by atoms with van der Waals surface area (Å²) in [5, 5.41) is 2.24. The molecule has 0 radical (unpaired) electrons. The first kappa shape index (κ1) is 19.5. The molecular formula is C17H16F2N2O4S. The van der Waals surface area contributed by atoms with Gasteiger partial charge in [-0.05, 0) is 36.8 Å². The van der Waals surface area contributed by atoms with Crippen LogP contribution < -0.4 is 11.1 Å². The molecule has 3 N–H and O–H groups in total. The highest BCUT2D eigenvalue weighted by Gasteiger charge is 2.23. The van der Waals surface area contributed by atoms with E-state index in [-0.39, 0.29) is 16.9 Å². The standard InChI is InChI=1S/C17H16F2N2O4S/c18-13-7-6-11(10-14(13)19)17(23)21-15(16(20)22)8-9-26(24,25)12-4-2-1-3-5-12/h1-7,10,15H,8-9H2,(H2,20,22)(H,21,23)/t15-/m1/s1. The molecule has 0 aliphatic carbocycles. The fraction of sp³-hybridized carbons (Fsp3) is 0.176. The maximum atomic E-state index is 13.2. The van der Waals surface area contributed by atoms with Crippen LogP contribution in [0.25, 0.3) is 0 Å². The minimum absolute atomic E-state index is 0.0788. The number of carbonyl (C=O) groups is 2. The van der Waals surface area contributed by atoms with E-state index in [9.17, 15) is 26.8 Å². The Labute approximate surface area is 148 Å². The molecule has 2 rings (SSSR count). The van der Waals surface area contributed by atoms with E-state index in [1.165, 1.54) is 12.1 Å². The molecule has 0 fully saturated rings. The number of rotatable bonds is 7. The Bertz CT molecular complexity index is 918. The quantitative estimate of drug-likeness (QED) is 0.755. The Morgan fingerprint density at radius 2 is 1.69 bits per heavy atom. The molecule has 138 valence electrons. The molecule has 0 aliphatic heterocycles. The molecule has 2 amide bonds. The van der Waals surface area contributed by atoms with E-state index in [0.29, 0.717) is 6.07 Å². The number of halogens is 2. The Balaban J connectivity index is 2.08. The van der Waals surface area contributed by atoms with Gasteiger partial charge in [-0.15, -0.1) is 0 Å².